The van der Waals surface area contributed by atoms with Gasteiger partial charge in [0.05, 0.1) is 0 Å². The number of hydrogen-bond donors (Lipinski definition) is 0. The van der Waals surface area contributed by atoms with Crippen LogP contribution in [0.5, 0.6) is 0 Å². The Morgan fingerprint density at radius 2 is 0.737 bits per heavy atom. The fourth-order valence-electron chi connectivity index (χ4n) is 4.52. The van der Waals surface area contributed by atoms with Crippen LogP contribution in [-0.2, 0) is 20.1 Å². The molecule has 6 rings (SSSR count). The number of benzene rings is 4. The second-order valence-corrected chi connectivity index (χ2v) is 13.5. The first kappa shape index (κ1) is 28.4. The number of allylic oxidation sites excluding steroid dienone is 8. The van der Waals surface area contributed by atoms with Gasteiger partial charge in [0.2, 0.25) is 0 Å². The maximum absolute atomic E-state index is 2.30. The second kappa shape index (κ2) is 15.1. The van der Waals surface area contributed by atoms with Gasteiger partial charge in [0.1, 0.15) is 0 Å². The molecule has 4 aromatic rings. The van der Waals surface area contributed by atoms with E-state index in [9.17, 15) is 0 Å². The normalized spacial score (nSPS) is 13.5. The summed E-state index contributed by atoms with van der Waals surface area (Å²) in [6.07, 6.45) is 17.1. The summed E-state index contributed by atoms with van der Waals surface area (Å²) in [5, 5.41) is 5.89. The first-order chi connectivity index (χ1) is 18.4. The van der Waals surface area contributed by atoms with Crippen LogP contribution in [0.1, 0.15) is 0 Å². The van der Waals surface area contributed by atoms with Gasteiger partial charge in [0.25, 0.3) is 0 Å². The first-order valence-electron chi connectivity index (χ1n) is 12.7. The van der Waals surface area contributed by atoms with Crippen molar-refractivity contribution in [1.29, 1.82) is 0 Å². The molecule has 0 saturated heterocycles. The molecule has 0 N–H and O–H groups in total. The molecule has 0 nitrogen and oxygen atoms in total. The summed E-state index contributed by atoms with van der Waals surface area (Å²) in [4.78, 5) is 0. The van der Waals surface area contributed by atoms with E-state index in [-0.39, 0.29) is 35.9 Å². The standard InChI is InChI=1S/C26H24P2.C9H7.Ir/c1-5-13-23(14-6-1)27(24-15-7-2-8-16-24)21-22-28(25-17-9-3-10-18-25)26-19-11-4-12-20-26;1-2-5-9-7-3-6-8(9)4-1;/h1-20H,21-22H2;1-7H;. The molecular weight excluding hydrogens is 675 g/mol. The average molecular weight is 706 g/mol. The van der Waals surface area contributed by atoms with Crippen molar-refractivity contribution < 1.29 is 20.1 Å². The Bertz CT molecular complexity index is 1200. The molecule has 3 heteroatoms. The quantitative estimate of drug-likeness (QED) is 0.176. The predicted octanol–water partition coefficient (Wildman–Crippen LogP) is 7.43. The van der Waals surface area contributed by atoms with Gasteiger partial charge in [0.15, 0.2) is 0 Å². The topological polar surface area (TPSA) is 0 Å². The van der Waals surface area contributed by atoms with Gasteiger partial charge in [0, 0.05) is 26.0 Å². The fraction of sp³-hybridized carbons (Fsp3) is 0.0571. The van der Waals surface area contributed by atoms with E-state index in [2.05, 4.69) is 164 Å². The molecule has 0 spiro atoms. The van der Waals surface area contributed by atoms with Gasteiger partial charge in [-0.3, -0.25) is 0 Å². The maximum atomic E-state index is 2.30. The van der Waals surface area contributed by atoms with E-state index in [0.29, 0.717) is 0 Å². The van der Waals surface area contributed by atoms with E-state index < -0.39 is 0 Å². The maximum Gasteiger partial charge on any atom is 0.0485 e. The van der Waals surface area contributed by atoms with Crippen LogP contribution in [0.4, 0.5) is 0 Å². The summed E-state index contributed by atoms with van der Waals surface area (Å²) in [6, 6.07) is 44.2. The van der Waals surface area contributed by atoms with E-state index in [1.807, 2.05) is 0 Å². The second-order valence-electron chi connectivity index (χ2n) is 8.80. The molecule has 4 aromatic carbocycles. The molecule has 2 aliphatic rings. The van der Waals surface area contributed by atoms with Gasteiger partial charge in [-0.2, -0.15) is 0 Å². The zero-order valence-electron chi connectivity index (χ0n) is 21.2. The van der Waals surface area contributed by atoms with Crippen LogP contribution in [0.2, 0.25) is 0 Å². The fourth-order valence-corrected chi connectivity index (χ4v) is 9.87. The van der Waals surface area contributed by atoms with Crippen molar-refractivity contribution >= 4 is 37.1 Å². The van der Waals surface area contributed by atoms with E-state index >= 15 is 0 Å². The van der Waals surface area contributed by atoms with Crippen molar-refractivity contribution in [3.8, 4) is 0 Å². The molecule has 0 aromatic heterocycles. The SMILES string of the molecule is C1=C[C]2C=CC=C2C=C1.[Ir].c1ccc(P(CCP(c2ccccc2)c2ccccc2)c2ccccc2)cc1. The molecule has 0 aliphatic heterocycles. The first-order valence-corrected chi connectivity index (χ1v) is 15.8. The van der Waals surface area contributed by atoms with Crippen molar-refractivity contribution in [3.63, 3.8) is 0 Å². The Labute approximate surface area is 243 Å². The van der Waals surface area contributed by atoms with Gasteiger partial charge in [-0.25, -0.2) is 0 Å². The van der Waals surface area contributed by atoms with Crippen LogP contribution in [0.25, 0.3) is 0 Å². The van der Waals surface area contributed by atoms with Crippen molar-refractivity contribution in [3.05, 3.63) is 175 Å². The molecule has 2 aliphatic carbocycles. The molecule has 190 valence electrons. The van der Waals surface area contributed by atoms with Crippen molar-refractivity contribution in [1.82, 2.24) is 0 Å². The van der Waals surface area contributed by atoms with Gasteiger partial charge in [-0.1, -0.05) is 164 Å². The molecule has 0 amide bonds. The summed E-state index contributed by atoms with van der Waals surface area (Å²) in [7, 11) is -0.696. The molecule has 0 unspecified atom stereocenters. The predicted molar refractivity (Wildman–Crippen MR) is 167 cm³/mol. The Morgan fingerprint density at radius 1 is 0.395 bits per heavy atom. The minimum absolute atomic E-state index is 0. The van der Waals surface area contributed by atoms with E-state index in [4.69, 9.17) is 0 Å². The molecule has 0 heterocycles. The minimum atomic E-state index is -0.348. The summed E-state index contributed by atoms with van der Waals surface area (Å²) < 4.78 is 0. The summed E-state index contributed by atoms with van der Waals surface area (Å²) >= 11 is 0. The van der Waals surface area contributed by atoms with Crippen molar-refractivity contribution in [2.75, 3.05) is 12.3 Å². The third kappa shape index (κ3) is 7.69. The Balaban J connectivity index is 0.000000282. The molecule has 0 fully saturated rings. The summed E-state index contributed by atoms with van der Waals surface area (Å²) in [5.41, 5.74) is 1.33. The van der Waals surface area contributed by atoms with Gasteiger partial charge in [-0.15, -0.1) is 0 Å². The Morgan fingerprint density at radius 3 is 1.11 bits per heavy atom. The number of hydrogen-bond acceptors (Lipinski definition) is 0. The largest absolute Gasteiger partial charge is 0.0687 e. The van der Waals surface area contributed by atoms with Crippen LogP contribution in [0, 0.1) is 5.92 Å². The van der Waals surface area contributed by atoms with Gasteiger partial charge < -0.3 is 0 Å². The number of rotatable bonds is 7. The average Bonchev–Trinajstić information content (AvgIpc) is 3.47. The molecule has 0 atom stereocenters. The molecule has 0 saturated carbocycles. The number of fused-ring (bicyclic) bond motifs is 1. The molecule has 38 heavy (non-hydrogen) atoms. The Kier molecular flexibility index (Phi) is 11.2. The molecule has 2 radical (unpaired) electrons. The summed E-state index contributed by atoms with van der Waals surface area (Å²) in [6.45, 7) is 0. The molecule has 0 bridgehead atoms. The van der Waals surface area contributed by atoms with E-state index in [0.717, 1.165) is 0 Å². The van der Waals surface area contributed by atoms with Crippen LogP contribution in [0.3, 0.4) is 0 Å². The smallest absolute Gasteiger partial charge is 0.0485 e. The van der Waals surface area contributed by atoms with E-state index in [1.54, 1.807) is 0 Å². The van der Waals surface area contributed by atoms with Gasteiger partial charge >= 0.3 is 0 Å². The van der Waals surface area contributed by atoms with Crippen LogP contribution < -0.4 is 21.2 Å². The van der Waals surface area contributed by atoms with Crippen molar-refractivity contribution in [2.24, 2.45) is 0 Å². The van der Waals surface area contributed by atoms with E-state index in [1.165, 1.54) is 45.0 Å². The zero-order valence-corrected chi connectivity index (χ0v) is 25.4. The van der Waals surface area contributed by atoms with Crippen LogP contribution in [-0.4, -0.2) is 12.3 Å². The summed E-state index contributed by atoms with van der Waals surface area (Å²) in [5.74, 6) is 1.33. The monoisotopic (exact) mass is 706 g/mol. The van der Waals surface area contributed by atoms with Crippen molar-refractivity contribution in [2.45, 2.75) is 0 Å². The minimum Gasteiger partial charge on any atom is -0.0687 e. The van der Waals surface area contributed by atoms with Crippen LogP contribution >= 0.6 is 15.8 Å². The van der Waals surface area contributed by atoms with Crippen LogP contribution in [0.15, 0.2) is 169 Å². The van der Waals surface area contributed by atoms with Gasteiger partial charge in [-0.05, 0) is 55.0 Å². The third-order valence-electron chi connectivity index (χ3n) is 6.37. The zero-order chi connectivity index (χ0) is 25.1. The Hall–Kier alpha value is -2.65. The third-order valence-corrected chi connectivity index (χ3v) is 11.7. The molecular formula is C35H31IrP2.